The molecule has 224 valence electrons. The molecule has 0 aliphatic carbocycles. The van der Waals surface area contributed by atoms with Crippen molar-refractivity contribution in [2.45, 2.75) is 0 Å². The topological polar surface area (TPSA) is 182 Å². The number of hydrogen-bond acceptors (Lipinski definition) is 10. The first kappa shape index (κ1) is 30.8. The van der Waals surface area contributed by atoms with Crippen LogP contribution in [0.15, 0.2) is 60.8 Å². The maximum absolute atomic E-state index is 11.3. The van der Waals surface area contributed by atoms with E-state index in [4.69, 9.17) is 36.5 Å². The maximum atomic E-state index is 11.3. The first-order valence-electron chi connectivity index (χ1n) is 12.3. The minimum Gasteiger partial charge on any atom is -0.726 e. The van der Waals surface area contributed by atoms with Gasteiger partial charge in [0, 0.05) is 35.9 Å². The third kappa shape index (κ3) is 6.67. The molecule has 0 aliphatic rings. The number of phenols is 1. The van der Waals surface area contributed by atoms with E-state index >= 15 is 0 Å². The molecule has 2 aromatic heterocycles. The van der Waals surface area contributed by atoms with Crippen molar-refractivity contribution in [3.05, 3.63) is 82.2 Å². The molecular formula is C29H26N2O11S. The minimum absolute atomic E-state index is 0.0667. The lowest BCUT2D eigenvalue weighted by Gasteiger charge is -2.12. The molecule has 5 aromatic rings. The molecule has 0 spiro atoms. The van der Waals surface area contributed by atoms with Gasteiger partial charge in [-0.15, -0.1) is 0 Å². The Hall–Kier alpha value is -5.18. The Balaban J connectivity index is 0.000000782. The Morgan fingerprint density at radius 1 is 0.791 bits per heavy atom. The molecule has 2 N–H and O–H groups in total. The number of aromatic hydroxyl groups is 1. The summed E-state index contributed by atoms with van der Waals surface area (Å²) in [6.07, 6.45) is 5.40. The van der Waals surface area contributed by atoms with Crippen molar-refractivity contribution in [2.24, 2.45) is 0 Å². The second-order valence-corrected chi connectivity index (χ2v) is 9.81. The van der Waals surface area contributed by atoms with Gasteiger partial charge in [0.2, 0.25) is 21.6 Å². The number of fused-ring (bicyclic) bond motifs is 4. The van der Waals surface area contributed by atoms with Crippen molar-refractivity contribution in [1.29, 1.82) is 0 Å². The van der Waals surface area contributed by atoms with Gasteiger partial charge < -0.3 is 28.6 Å². The van der Waals surface area contributed by atoms with Crippen LogP contribution in [0.1, 0.15) is 11.3 Å². The molecule has 0 radical (unpaired) electrons. The second-order valence-electron chi connectivity index (χ2n) is 8.95. The lowest BCUT2D eigenvalue weighted by molar-refractivity contribution is -0.511. The van der Waals surface area contributed by atoms with Crippen molar-refractivity contribution in [2.75, 3.05) is 28.4 Å². The van der Waals surface area contributed by atoms with Gasteiger partial charge in [-0.25, -0.2) is 8.42 Å². The average molecular weight is 611 g/mol. The van der Waals surface area contributed by atoms with Crippen LogP contribution >= 0.6 is 0 Å². The Bertz CT molecular complexity index is 2000. The standard InChI is InChI=1S/C29H24N2O7.H2O4S/c1-35-26-13-17-9-10-30-23(7-5-18-11-20(31(33)34)6-8-25(18)32)22-16-29(38-4)27(36-2)14-19(22)12-24(30)21(17)15-28(26)37-3;1-5(2,3)4/h5-16H,1-4H3;(H2,1,2,3,4). The van der Waals surface area contributed by atoms with Crippen LogP contribution in [0, 0.1) is 10.1 Å². The number of ether oxygens (including phenoxy) is 4. The average Bonchev–Trinajstić information content (AvgIpc) is 2.97. The maximum Gasteiger partial charge on any atom is 0.270 e. The molecule has 2 heterocycles. The number of nitro benzene ring substituents is 1. The number of benzene rings is 3. The zero-order chi connectivity index (χ0) is 31.5. The molecule has 14 heteroatoms. The Kier molecular flexibility index (Phi) is 8.85. The summed E-state index contributed by atoms with van der Waals surface area (Å²) in [6, 6.07) is 15.6. The molecule has 0 saturated carbocycles. The van der Waals surface area contributed by atoms with Gasteiger partial charge >= 0.3 is 0 Å². The number of pyridine rings is 2. The van der Waals surface area contributed by atoms with Gasteiger partial charge in [0.15, 0.2) is 29.2 Å². The lowest BCUT2D eigenvalue weighted by Crippen LogP contribution is -2.26. The van der Waals surface area contributed by atoms with E-state index in [9.17, 15) is 15.2 Å². The monoisotopic (exact) mass is 610 g/mol. The molecule has 0 unspecified atom stereocenters. The summed E-state index contributed by atoms with van der Waals surface area (Å²) in [5.74, 6) is 2.29. The van der Waals surface area contributed by atoms with Crippen molar-refractivity contribution >= 4 is 55.3 Å². The van der Waals surface area contributed by atoms with Crippen LogP contribution in [-0.2, 0) is 10.4 Å². The molecule has 43 heavy (non-hydrogen) atoms. The minimum atomic E-state index is -4.92. The summed E-state index contributed by atoms with van der Waals surface area (Å²) >= 11 is 0. The number of hydrogen-bond donors (Lipinski definition) is 2. The van der Waals surface area contributed by atoms with Crippen LogP contribution in [-0.4, -0.2) is 56.0 Å². The predicted molar refractivity (Wildman–Crippen MR) is 157 cm³/mol. The fourth-order valence-corrected chi connectivity index (χ4v) is 4.62. The SMILES string of the molecule is COc1cc2cc3c4cc(OC)c(OC)cc4cc[n+]3c(/C=C/c3cc([N+](=O)[O-])ccc3O)c2cc1OC.O=S(=O)([O-])O. The highest BCUT2D eigenvalue weighted by Crippen LogP contribution is 2.37. The number of nitro groups is 1. The predicted octanol–water partition coefficient (Wildman–Crippen LogP) is 4.55. The van der Waals surface area contributed by atoms with Crippen molar-refractivity contribution in [1.82, 2.24) is 0 Å². The van der Waals surface area contributed by atoms with E-state index in [1.165, 1.54) is 18.2 Å². The fraction of sp³-hybridized carbons (Fsp3) is 0.138. The first-order valence-corrected chi connectivity index (χ1v) is 13.7. The fourth-order valence-electron chi connectivity index (χ4n) is 4.62. The molecule has 0 aliphatic heterocycles. The van der Waals surface area contributed by atoms with Gasteiger partial charge in [0.1, 0.15) is 5.75 Å². The molecule has 0 amide bonds. The summed E-state index contributed by atoms with van der Waals surface area (Å²) in [5, 5.41) is 25.3. The molecular weight excluding hydrogens is 584 g/mol. The van der Waals surface area contributed by atoms with Crippen molar-refractivity contribution in [3.8, 4) is 28.7 Å². The molecule has 0 bridgehead atoms. The summed E-state index contributed by atoms with van der Waals surface area (Å²) < 4.78 is 57.0. The smallest absolute Gasteiger partial charge is 0.270 e. The van der Waals surface area contributed by atoms with E-state index in [1.807, 2.05) is 53.1 Å². The van der Waals surface area contributed by atoms with Crippen LogP contribution in [0.4, 0.5) is 5.69 Å². The van der Waals surface area contributed by atoms with E-state index < -0.39 is 15.3 Å². The highest BCUT2D eigenvalue weighted by molar-refractivity contribution is 7.79. The Labute approximate surface area is 245 Å². The Morgan fingerprint density at radius 2 is 1.33 bits per heavy atom. The van der Waals surface area contributed by atoms with Crippen LogP contribution in [0.2, 0.25) is 0 Å². The molecule has 5 rings (SSSR count). The van der Waals surface area contributed by atoms with Gasteiger partial charge in [-0.05, 0) is 47.2 Å². The quantitative estimate of drug-likeness (QED) is 0.0501. The molecule has 0 fully saturated rings. The number of methoxy groups -OCH3 is 4. The number of phenolic OH excluding ortho intramolecular Hbond substituents is 1. The van der Waals surface area contributed by atoms with E-state index in [0.717, 1.165) is 32.8 Å². The van der Waals surface area contributed by atoms with Crippen molar-refractivity contribution in [3.63, 3.8) is 0 Å². The van der Waals surface area contributed by atoms with Gasteiger partial charge in [-0.3, -0.25) is 14.7 Å². The number of nitrogens with zero attached hydrogens (tertiary/aromatic N) is 2. The van der Waals surface area contributed by atoms with Crippen LogP contribution in [0.25, 0.3) is 39.2 Å². The van der Waals surface area contributed by atoms with E-state index in [0.29, 0.717) is 28.6 Å². The highest BCUT2D eigenvalue weighted by Gasteiger charge is 2.21. The van der Waals surface area contributed by atoms with Gasteiger partial charge in [-0.1, -0.05) is 0 Å². The molecule has 0 saturated heterocycles. The molecule has 3 aromatic carbocycles. The van der Waals surface area contributed by atoms with E-state index in [1.54, 1.807) is 34.5 Å². The third-order valence-corrected chi connectivity index (χ3v) is 6.52. The molecule has 0 atom stereocenters. The largest absolute Gasteiger partial charge is 0.726 e. The lowest BCUT2D eigenvalue weighted by atomic mass is 10.0. The zero-order valence-electron chi connectivity index (χ0n) is 23.3. The number of aromatic nitrogens is 1. The highest BCUT2D eigenvalue weighted by atomic mass is 32.3. The van der Waals surface area contributed by atoms with Gasteiger partial charge in [-0.2, -0.15) is 4.40 Å². The Morgan fingerprint density at radius 3 is 1.88 bits per heavy atom. The summed E-state index contributed by atoms with van der Waals surface area (Å²) in [5.41, 5.74) is 1.85. The number of rotatable bonds is 7. The first-order chi connectivity index (χ1) is 20.4. The number of non-ortho nitro benzene ring substituents is 1. The van der Waals surface area contributed by atoms with E-state index in [-0.39, 0.29) is 11.4 Å². The normalized spacial score (nSPS) is 11.4. The van der Waals surface area contributed by atoms with Crippen LogP contribution in [0.3, 0.4) is 0 Å². The van der Waals surface area contributed by atoms with Gasteiger partial charge in [0.25, 0.3) is 5.69 Å². The third-order valence-electron chi connectivity index (χ3n) is 6.52. The van der Waals surface area contributed by atoms with Crippen LogP contribution in [0.5, 0.6) is 28.7 Å². The van der Waals surface area contributed by atoms with Gasteiger partial charge in [0.05, 0.1) is 44.1 Å². The van der Waals surface area contributed by atoms with E-state index in [2.05, 4.69) is 0 Å². The summed E-state index contributed by atoms with van der Waals surface area (Å²) in [4.78, 5) is 10.8. The zero-order valence-corrected chi connectivity index (χ0v) is 24.1. The summed E-state index contributed by atoms with van der Waals surface area (Å²) in [6.45, 7) is 0. The van der Waals surface area contributed by atoms with Crippen LogP contribution < -0.4 is 23.3 Å². The van der Waals surface area contributed by atoms with Crippen molar-refractivity contribution < 1.29 is 50.9 Å². The second kappa shape index (κ2) is 12.4. The molecule has 13 nitrogen and oxygen atoms in total. The summed E-state index contributed by atoms with van der Waals surface area (Å²) in [7, 11) is 1.42.